The molecule has 0 atom stereocenters. The molecule has 0 saturated carbocycles. The maximum Gasteiger partial charge on any atom is 0.251 e. The summed E-state index contributed by atoms with van der Waals surface area (Å²) in [5.74, 6) is -0.552. The Morgan fingerprint density at radius 2 is 1.88 bits per heavy atom. The third-order valence-corrected chi connectivity index (χ3v) is 6.03. The van der Waals surface area contributed by atoms with E-state index in [9.17, 15) is 19.1 Å². The van der Waals surface area contributed by atoms with Gasteiger partial charge >= 0.3 is 0 Å². The molecule has 4 aromatic rings. The second kappa shape index (κ2) is 9.25. The molecule has 0 saturated heterocycles. The molecule has 2 heterocycles. The lowest BCUT2D eigenvalue weighted by Crippen LogP contribution is -2.30. The first-order valence-corrected chi connectivity index (χ1v) is 10.7. The van der Waals surface area contributed by atoms with E-state index in [1.165, 1.54) is 49.8 Å². The Morgan fingerprint density at radius 3 is 2.64 bits per heavy atom. The van der Waals surface area contributed by atoms with Gasteiger partial charge in [-0.15, -0.1) is 11.3 Å². The van der Waals surface area contributed by atoms with Gasteiger partial charge in [-0.1, -0.05) is 12.1 Å². The van der Waals surface area contributed by atoms with Crippen LogP contribution >= 0.6 is 11.3 Å². The predicted octanol–water partition coefficient (Wildman–Crippen LogP) is 4.44. The van der Waals surface area contributed by atoms with Crippen LogP contribution in [0.2, 0.25) is 0 Å². The van der Waals surface area contributed by atoms with Crippen LogP contribution in [0.1, 0.15) is 20.8 Å². The second-order valence-electron chi connectivity index (χ2n) is 7.01. The van der Waals surface area contributed by atoms with Gasteiger partial charge in [0.1, 0.15) is 23.0 Å². The minimum Gasteiger partial charge on any atom is -0.506 e. The highest BCUT2D eigenvalue weighted by atomic mass is 32.1. The smallest absolute Gasteiger partial charge is 0.251 e. The molecular weight excluding hydrogens is 447 g/mol. The number of aromatic hydroxyl groups is 1. The Hall–Kier alpha value is -3.98. The van der Waals surface area contributed by atoms with Crippen LogP contribution in [-0.2, 0) is 0 Å². The van der Waals surface area contributed by atoms with Crippen molar-refractivity contribution in [1.29, 1.82) is 0 Å². The molecule has 1 amide bonds. The number of nitrogens with zero attached hydrogens (tertiary/aromatic N) is 1. The van der Waals surface area contributed by atoms with Crippen molar-refractivity contribution in [2.45, 2.75) is 0 Å². The highest BCUT2D eigenvalue weighted by molar-refractivity contribution is 7.17. The third kappa shape index (κ3) is 4.35. The predicted molar refractivity (Wildman–Crippen MR) is 123 cm³/mol. The Labute approximate surface area is 192 Å². The van der Waals surface area contributed by atoms with E-state index in [-0.39, 0.29) is 29.5 Å². The molecule has 2 N–H and O–H groups in total. The van der Waals surface area contributed by atoms with E-state index in [0.29, 0.717) is 32.7 Å². The number of thiophene rings is 1. The lowest BCUT2D eigenvalue weighted by Gasteiger charge is -2.10. The maximum atomic E-state index is 14.0. The number of pyridine rings is 1. The fourth-order valence-corrected chi connectivity index (χ4v) is 4.30. The van der Waals surface area contributed by atoms with Gasteiger partial charge in [-0.25, -0.2) is 9.37 Å². The van der Waals surface area contributed by atoms with Crippen molar-refractivity contribution < 1.29 is 28.6 Å². The number of ketones is 1. The van der Waals surface area contributed by atoms with Crippen molar-refractivity contribution in [3.05, 3.63) is 71.0 Å². The summed E-state index contributed by atoms with van der Waals surface area (Å²) in [5.41, 5.74) is 1.05. The molecule has 0 bridgehead atoms. The minimum absolute atomic E-state index is 0.0613. The molecule has 2 aromatic heterocycles. The van der Waals surface area contributed by atoms with Gasteiger partial charge in [-0.05, 0) is 36.4 Å². The zero-order valence-corrected chi connectivity index (χ0v) is 18.5. The molecule has 0 unspecified atom stereocenters. The number of carbonyl (C=O) groups excluding carboxylic acids is 2. The van der Waals surface area contributed by atoms with Crippen LogP contribution in [0.25, 0.3) is 21.3 Å². The average molecular weight is 466 g/mol. The number of Topliss-reactive ketones (excluding diaryl/α,β-unsaturated/α-hetero) is 1. The van der Waals surface area contributed by atoms with E-state index in [2.05, 4.69) is 10.3 Å². The van der Waals surface area contributed by atoms with E-state index in [1.54, 1.807) is 29.6 Å². The van der Waals surface area contributed by atoms with Gasteiger partial charge < -0.3 is 19.9 Å². The van der Waals surface area contributed by atoms with Crippen molar-refractivity contribution in [2.75, 3.05) is 20.8 Å². The number of methoxy groups -OCH3 is 2. The number of aromatic nitrogens is 1. The first-order chi connectivity index (χ1) is 15.9. The molecule has 7 nitrogen and oxygen atoms in total. The van der Waals surface area contributed by atoms with Crippen molar-refractivity contribution in [2.24, 2.45) is 0 Å². The summed E-state index contributed by atoms with van der Waals surface area (Å²) in [4.78, 5) is 29.5. The topological polar surface area (TPSA) is 97.8 Å². The van der Waals surface area contributed by atoms with E-state index in [4.69, 9.17) is 9.47 Å². The van der Waals surface area contributed by atoms with Crippen molar-refractivity contribution in [3.8, 4) is 28.5 Å². The fraction of sp³-hybridized carbons (Fsp3) is 0.125. The van der Waals surface area contributed by atoms with Gasteiger partial charge in [-0.3, -0.25) is 9.59 Å². The summed E-state index contributed by atoms with van der Waals surface area (Å²) in [6.07, 6.45) is 0. The molecule has 0 aliphatic heterocycles. The van der Waals surface area contributed by atoms with Gasteiger partial charge in [0.25, 0.3) is 5.91 Å². The molecule has 9 heteroatoms. The Morgan fingerprint density at radius 1 is 1.09 bits per heavy atom. The van der Waals surface area contributed by atoms with Crippen LogP contribution in [0, 0.1) is 5.82 Å². The second-order valence-corrected chi connectivity index (χ2v) is 7.89. The zero-order chi connectivity index (χ0) is 23.5. The highest BCUT2D eigenvalue weighted by Gasteiger charge is 2.18. The number of hydrogen-bond acceptors (Lipinski definition) is 7. The minimum atomic E-state index is -0.470. The van der Waals surface area contributed by atoms with Crippen LogP contribution in [-0.4, -0.2) is 42.5 Å². The van der Waals surface area contributed by atoms with E-state index in [0.717, 1.165) is 0 Å². The molecule has 4 rings (SSSR count). The summed E-state index contributed by atoms with van der Waals surface area (Å²) >= 11 is 1.19. The van der Waals surface area contributed by atoms with Crippen molar-refractivity contribution in [3.63, 3.8) is 0 Å². The first kappa shape index (κ1) is 22.2. The van der Waals surface area contributed by atoms with Crippen molar-refractivity contribution in [1.82, 2.24) is 10.3 Å². The highest BCUT2D eigenvalue weighted by Crippen LogP contribution is 2.38. The van der Waals surface area contributed by atoms with Crippen LogP contribution in [0.3, 0.4) is 0 Å². The third-order valence-electron chi connectivity index (χ3n) is 5.02. The van der Waals surface area contributed by atoms with Gasteiger partial charge in [0.15, 0.2) is 17.3 Å². The number of carbonyl (C=O) groups is 2. The Kier molecular flexibility index (Phi) is 6.23. The van der Waals surface area contributed by atoms with E-state index in [1.807, 2.05) is 0 Å². The summed E-state index contributed by atoms with van der Waals surface area (Å²) in [6.45, 7) is -0.302. The summed E-state index contributed by atoms with van der Waals surface area (Å²) < 4.78 is 24.8. The van der Waals surface area contributed by atoms with E-state index >= 15 is 0 Å². The number of hydrogen-bond donors (Lipinski definition) is 2. The average Bonchev–Trinajstić information content (AvgIpc) is 3.27. The van der Waals surface area contributed by atoms with Crippen LogP contribution in [0.4, 0.5) is 4.39 Å². The number of nitrogens with one attached hydrogen (secondary N) is 1. The molecule has 0 spiro atoms. The molecule has 0 fully saturated rings. The Bertz CT molecular complexity index is 1370. The monoisotopic (exact) mass is 466 g/mol. The number of rotatable bonds is 7. The van der Waals surface area contributed by atoms with Crippen molar-refractivity contribution >= 4 is 33.1 Å². The first-order valence-electron chi connectivity index (χ1n) is 9.82. The molecule has 168 valence electrons. The summed E-state index contributed by atoms with van der Waals surface area (Å²) in [7, 11) is 2.95. The molecule has 2 aromatic carbocycles. The van der Waals surface area contributed by atoms with Gasteiger partial charge in [-0.2, -0.15) is 0 Å². The maximum absolute atomic E-state index is 14.0. The normalized spacial score (nSPS) is 10.8. The number of fused-ring (bicyclic) bond motifs is 1. The summed E-state index contributed by atoms with van der Waals surface area (Å²) in [6, 6.07) is 12.0. The lowest BCUT2D eigenvalue weighted by atomic mass is 10.1. The number of amides is 1. The molecule has 33 heavy (non-hydrogen) atoms. The zero-order valence-electron chi connectivity index (χ0n) is 17.7. The Balaban J connectivity index is 1.54. The quantitative estimate of drug-likeness (QED) is 0.391. The SMILES string of the molecule is COc1ccc(C(=O)NCC(=O)c2ccc(O)c(-c3csc4c(F)cccc34)n2)cc1OC. The van der Waals surface area contributed by atoms with E-state index < -0.39 is 11.7 Å². The van der Waals surface area contributed by atoms with Crippen LogP contribution in [0.15, 0.2) is 53.9 Å². The van der Waals surface area contributed by atoms with Crippen LogP contribution in [0.5, 0.6) is 17.2 Å². The number of ether oxygens (including phenoxy) is 2. The van der Waals surface area contributed by atoms with Gasteiger partial charge in [0, 0.05) is 21.9 Å². The lowest BCUT2D eigenvalue weighted by molar-refractivity contribution is 0.0902. The molecule has 0 aliphatic carbocycles. The largest absolute Gasteiger partial charge is 0.506 e. The number of halogens is 1. The van der Waals surface area contributed by atoms with Gasteiger partial charge in [0.05, 0.1) is 25.5 Å². The summed E-state index contributed by atoms with van der Waals surface area (Å²) in [5, 5.41) is 15.2. The standard InChI is InChI=1S/C24H19FN2O5S/c1-31-20-9-6-13(10-21(20)32-2)24(30)26-11-19(29)17-7-8-18(28)22(27-17)15-12-33-23-14(15)4-3-5-16(23)25/h3-10,12,28H,11H2,1-2H3,(H,26,30). The fourth-order valence-electron chi connectivity index (χ4n) is 3.34. The molecular formula is C24H19FN2O5S. The molecule has 0 radical (unpaired) electrons. The number of benzene rings is 2. The van der Waals surface area contributed by atoms with Crippen LogP contribution < -0.4 is 14.8 Å². The molecule has 0 aliphatic rings. The van der Waals surface area contributed by atoms with Gasteiger partial charge in [0.2, 0.25) is 0 Å².